The highest BCUT2D eigenvalue weighted by Crippen LogP contribution is 2.12. The highest BCUT2D eigenvalue weighted by molar-refractivity contribution is 5.20. The molecule has 0 atom stereocenters. The van der Waals surface area contributed by atoms with E-state index in [1.807, 2.05) is 22.9 Å². The third-order valence-electron chi connectivity index (χ3n) is 2.95. The van der Waals surface area contributed by atoms with Crippen LogP contribution in [0.25, 0.3) is 0 Å². The summed E-state index contributed by atoms with van der Waals surface area (Å²) in [6.07, 6.45) is 1.94. The lowest BCUT2D eigenvalue weighted by molar-refractivity contribution is 0.506. The number of halogens is 2. The van der Waals surface area contributed by atoms with E-state index in [0.717, 1.165) is 17.8 Å². The van der Waals surface area contributed by atoms with Gasteiger partial charge in [-0.05, 0) is 29.8 Å². The van der Waals surface area contributed by atoms with Crippen molar-refractivity contribution >= 4 is 0 Å². The van der Waals surface area contributed by atoms with Gasteiger partial charge in [-0.2, -0.15) is 0 Å². The van der Waals surface area contributed by atoms with Gasteiger partial charge in [-0.3, -0.25) is 0 Å². The molecule has 0 unspecified atom stereocenters. The largest absolute Gasteiger partial charge is 0.346 e. The molecule has 2 aromatic rings. The molecule has 0 saturated carbocycles. The minimum Gasteiger partial charge on any atom is -0.346 e. The van der Waals surface area contributed by atoms with Crippen molar-refractivity contribution in [3.8, 4) is 0 Å². The molecular formula is C15H18F2N2. The Labute approximate surface area is 112 Å². The van der Waals surface area contributed by atoms with Crippen LogP contribution in [-0.2, 0) is 13.1 Å². The van der Waals surface area contributed by atoms with Crippen LogP contribution in [0, 0.1) is 11.6 Å². The fraction of sp³-hybridized carbons (Fsp3) is 0.333. The third-order valence-corrected chi connectivity index (χ3v) is 2.95. The topological polar surface area (TPSA) is 17.0 Å². The van der Waals surface area contributed by atoms with E-state index in [1.165, 1.54) is 12.1 Å². The van der Waals surface area contributed by atoms with E-state index in [0.29, 0.717) is 12.6 Å². The molecule has 0 spiro atoms. The van der Waals surface area contributed by atoms with Gasteiger partial charge in [-0.25, -0.2) is 8.78 Å². The van der Waals surface area contributed by atoms with Crippen LogP contribution in [0.5, 0.6) is 0 Å². The van der Waals surface area contributed by atoms with Gasteiger partial charge in [0.05, 0.1) is 0 Å². The number of hydrogen-bond donors (Lipinski definition) is 1. The van der Waals surface area contributed by atoms with Crippen molar-refractivity contribution in [2.75, 3.05) is 0 Å². The number of aromatic nitrogens is 1. The van der Waals surface area contributed by atoms with Crippen molar-refractivity contribution in [3.05, 3.63) is 59.4 Å². The quantitative estimate of drug-likeness (QED) is 0.876. The monoisotopic (exact) mass is 264 g/mol. The molecule has 19 heavy (non-hydrogen) atoms. The van der Waals surface area contributed by atoms with Gasteiger partial charge >= 0.3 is 0 Å². The minimum atomic E-state index is -0.807. The van der Waals surface area contributed by atoms with Crippen molar-refractivity contribution in [2.24, 2.45) is 0 Å². The summed E-state index contributed by atoms with van der Waals surface area (Å²) in [6.45, 7) is 5.47. The molecular weight excluding hydrogens is 246 g/mol. The van der Waals surface area contributed by atoms with Crippen LogP contribution in [0.2, 0.25) is 0 Å². The fourth-order valence-corrected chi connectivity index (χ4v) is 1.91. The zero-order valence-corrected chi connectivity index (χ0v) is 11.2. The van der Waals surface area contributed by atoms with Crippen LogP contribution >= 0.6 is 0 Å². The van der Waals surface area contributed by atoms with Crippen molar-refractivity contribution in [1.82, 2.24) is 9.88 Å². The highest BCUT2D eigenvalue weighted by Gasteiger charge is 2.06. The summed E-state index contributed by atoms with van der Waals surface area (Å²) >= 11 is 0. The Morgan fingerprint density at radius 1 is 1.16 bits per heavy atom. The second-order valence-corrected chi connectivity index (χ2v) is 4.91. The van der Waals surface area contributed by atoms with Gasteiger partial charge in [0.15, 0.2) is 11.6 Å². The molecule has 0 bridgehead atoms. The average Bonchev–Trinajstić information content (AvgIpc) is 2.79. The standard InChI is InChI=1S/C15H18F2N2/c1-11(2)18-9-13-4-3-7-19(13)10-12-5-6-14(16)15(17)8-12/h3-8,11,18H,9-10H2,1-2H3. The SMILES string of the molecule is CC(C)NCc1cccn1Cc1ccc(F)c(F)c1. The van der Waals surface area contributed by atoms with Crippen LogP contribution in [0.15, 0.2) is 36.5 Å². The molecule has 2 nitrogen and oxygen atoms in total. The van der Waals surface area contributed by atoms with Crippen LogP contribution in [0.4, 0.5) is 8.78 Å². The first-order chi connectivity index (χ1) is 9.06. The molecule has 1 N–H and O–H groups in total. The number of benzene rings is 1. The normalized spacial score (nSPS) is 11.2. The Balaban J connectivity index is 2.10. The molecule has 1 aromatic carbocycles. The van der Waals surface area contributed by atoms with E-state index >= 15 is 0 Å². The summed E-state index contributed by atoms with van der Waals surface area (Å²) in [5, 5.41) is 3.34. The predicted octanol–water partition coefficient (Wildman–Crippen LogP) is 3.31. The molecule has 4 heteroatoms. The first-order valence-electron chi connectivity index (χ1n) is 6.37. The first-order valence-corrected chi connectivity index (χ1v) is 6.37. The van der Waals surface area contributed by atoms with Crippen molar-refractivity contribution in [1.29, 1.82) is 0 Å². The summed E-state index contributed by atoms with van der Waals surface area (Å²) in [4.78, 5) is 0. The van der Waals surface area contributed by atoms with Gasteiger partial charge in [-0.1, -0.05) is 19.9 Å². The summed E-state index contributed by atoms with van der Waals surface area (Å²) in [6, 6.07) is 8.41. The Bertz CT molecular complexity index is 547. The zero-order chi connectivity index (χ0) is 13.8. The second kappa shape index (κ2) is 5.97. The van der Waals surface area contributed by atoms with Gasteiger partial charge in [0.25, 0.3) is 0 Å². The summed E-state index contributed by atoms with van der Waals surface area (Å²) in [5.41, 5.74) is 1.87. The number of nitrogens with one attached hydrogen (secondary N) is 1. The maximum Gasteiger partial charge on any atom is 0.159 e. The second-order valence-electron chi connectivity index (χ2n) is 4.91. The van der Waals surface area contributed by atoms with Crippen molar-refractivity contribution in [3.63, 3.8) is 0 Å². The molecule has 1 aromatic heterocycles. The van der Waals surface area contributed by atoms with Gasteiger partial charge < -0.3 is 9.88 Å². The highest BCUT2D eigenvalue weighted by atomic mass is 19.2. The molecule has 0 aliphatic carbocycles. The van der Waals surface area contributed by atoms with Gasteiger partial charge in [0.1, 0.15) is 0 Å². The van der Waals surface area contributed by atoms with Crippen LogP contribution in [0.1, 0.15) is 25.1 Å². The predicted molar refractivity (Wildman–Crippen MR) is 71.9 cm³/mol. The lowest BCUT2D eigenvalue weighted by atomic mass is 10.2. The van der Waals surface area contributed by atoms with Gasteiger partial charge in [-0.15, -0.1) is 0 Å². The van der Waals surface area contributed by atoms with E-state index in [1.54, 1.807) is 6.07 Å². The minimum absolute atomic E-state index is 0.409. The van der Waals surface area contributed by atoms with Crippen LogP contribution in [-0.4, -0.2) is 10.6 Å². The third kappa shape index (κ3) is 3.64. The summed E-state index contributed by atoms with van der Waals surface area (Å²) < 4.78 is 28.1. The molecule has 0 radical (unpaired) electrons. The Kier molecular flexibility index (Phi) is 4.32. The Morgan fingerprint density at radius 2 is 1.95 bits per heavy atom. The van der Waals surface area contributed by atoms with Crippen LogP contribution in [0.3, 0.4) is 0 Å². The maximum atomic E-state index is 13.2. The van der Waals surface area contributed by atoms with E-state index in [-0.39, 0.29) is 0 Å². The molecule has 0 amide bonds. The molecule has 2 rings (SSSR count). The summed E-state index contributed by atoms with van der Waals surface area (Å²) in [7, 11) is 0. The molecule has 0 saturated heterocycles. The molecule has 1 heterocycles. The first kappa shape index (κ1) is 13.7. The van der Waals surface area contributed by atoms with E-state index in [9.17, 15) is 8.78 Å². The number of nitrogens with zero attached hydrogens (tertiary/aromatic N) is 1. The molecule has 0 fully saturated rings. The Hall–Kier alpha value is -1.68. The van der Waals surface area contributed by atoms with Crippen molar-refractivity contribution < 1.29 is 8.78 Å². The lowest BCUT2D eigenvalue weighted by Gasteiger charge is -2.12. The zero-order valence-electron chi connectivity index (χ0n) is 11.2. The van der Waals surface area contributed by atoms with Crippen LogP contribution < -0.4 is 5.32 Å². The van der Waals surface area contributed by atoms with E-state index in [2.05, 4.69) is 19.2 Å². The number of hydrogen-bond acceptors (Lipinski definition) is 1. The van der Waals surface area contributed by atoms with Crippen molar-refractivity contribution in [2.45, 2.75) is 33.0 Å². The maximum absolute atomic E-state index is 13.2. The van der Waals surface area contributed by atoms with E-state index in [4.69, 9.17) is 0 Å². The van der Waals surface area contributed by atoms with Gasteiger partial charge in [0.2, 0.25) is 0 Å². The van der Waals surface area contributed by atoms with Gasteiger partial charge in [0, 0.05) is 31.0 Å². The smallest absolute Gasteiger partial charge is 0.159 e. The lowest BCUT2D eigenvalue weighted by Crippen LogP contribution is -2.23. The molecule has 0 aliphatic rings. The number of rotatable bonds is 5. The Morgan fingerprint density at radius 3 is 2.63 bits per heavy atom. The fourth-order valence-electron chi connectivity index (χ4n) is 1.91. The summed E-state index contributed by atoms with van der Waals surface area (Å²) in [5.74, 6) is -1.61. The molecule has 0 aliphatic heterocycles. The average molecular weight is 264 g/mol. The molecule has 102 valence electrons. The van der Waals surface area contributed by atoms with E-state index < -0.39 is 11.6 Å².